The van der Waals surface area contributed by atoms with Gasteiger partial charge < -0.3 is 4.74 Å². The highest BCUT2D eigenvalue weighted by molar-refractivity contribution is 6.06. The molecule has 1 heterocycles. The molecule has 0 N–H and O–H groups in total. The average molecular weight is 451 g/mol. The van der Waals surface area contributed by atoms with Crippen LogP contribution < -0.4 is 0 Å². The molecule has 2 aromatic carbocycles. The molecular formula is C32H34O2. The molecule has 3 atom stereocenters. The Hall–Kier alpha value is -2.87. The van der Waals surface area contributed by atoms with Gasteiger partial charge in [-0.2, -0.15) is 0 Å². The van der Waals surface area contributed by atoms with E-state index in [1.165, 1.54) is 49.9 Å². The molecule has 0 aromatic heterocycles. The van der Waals surface area contributed by atoms with Crippen LogP contribution in [0.15, 0.2) is 89.2 Å². The highest BCUT2D eigenvalue weighted by atomic mass is 16.5. The molecule has 4 aliphatic rings. The third-order valence-electron chi connectivity index (χ3n) is 8.51. The Morgan fingerprint density at radius 2 is 1.68 bits per heavy atom. The Balaban J connectivity index is 1.41. The van der Waals surface area contributed by atoms with E-state index in [1.807, 2.05) is 18.2 Å². The predicted octanol–water partition coefficient (Wildman–Crippen LogP) is 8.14. The SMILES string of the molecule is O=C1C(=Cc2ccccc2)CCC12CC1=C(OC2c2ccccc2)C(C2=CCCCC2)CCC1. The zero-order valence-electron chi connectivity index (χ0n) is 20.0. The molecule has 1 aliphatic heterocycles. The quantitative estimate of drug-likeness (QED) is 0.348. The fraction of sp³-hybridized carbons (Fsp3) is 0.406. The van der Waals surface area contributed by atoms with Crippen molar-refractivity contribution in [3.05, 3.63) is 100 Å². The maximum Gasteiger partial charge on any atom is 0.169 e. The van der Waals surface area contributed by atoms with Gasteiger partial charge in [0.15, 0.2) is 5.78 Å². The van der Waals surface area contributed by atoms with Crippen molar-refractivity contribution in [3.63, 3.8) is 0 Å². The lowest BCUT2D eigenvalue weighted by atomic mass is 9.66. The summed E-state index contributed by atoms with van der Waals surface area (Å²) in [5.74, 6) is 1.94. The molecule has 1 spiro atoms. The molecule has 174 valence electrons. The van der Waals surface area contributed by atoms with Crippen LogP contribution in [0.4, 0.5) is 0 Å². The van der Waals surface area contributed by atoms with E-state index < -0.39 is 5.41 Å². The van der Waals surface area contributed by atoms with Crippen LogP contribution in [0.3, 0.4) is 0 Å². The zero-order valence-corrected chi connectivity index (χ0v) is 20.0. The average Bonchev–Trinajstić information content (AvgIpc) is 3.19. The summed E-state index contributed by atoms with van der Waals surface area (Å²) in [7, 11) is 0. The molecule has 1 fully saturated rings. The van der Waals surface area contributed by atoms with Crippen molar-refractivity contribution < 1.29 is 9.53 Å². The third-order valence-corrected chi connectivity index (χ3v) is 8.51. The van der Waals surface area contributed by atoms with Crippen molar-refractivity contribution in [3.8, 4) is 0 Å². The molecular weight excluding hydrogens is 416 g/mol. The van der Waals surface area contributed by atoms with Crippen LogP contribution >= 0.6 is 0 Å². The summed E-state index contributed by atoms with van der Waals surface area (Å²) in [5.41, 5.74) is 5.74. The first-order valence-corrected chi connectivity index (χ1v) is 13.2. The first-order valence-electron chi connectivity index (χ1n) is 13.2. The molecule has 1 saturated carbocycles. The van der Waals surface area contributed by atoms with Crippen molar-refractivity contribution in [1.82, 2.24) is 0 Å². The second kappa shape index (κ2) is 9.06. The molecule has 2 heteroatoms. The van der Waals surface area contributed by atoms with E-state index >= 15 is 0 Å². The van der Waals surface area contributed by atoms with Gasteiger partial charge >= 0.3 is 0 Å². The molecule has 2 aromatic rings. The van der Waals surface area contributed by atoms with Crippen LogP contribution in [0, 0.1) is 11.3 Å². The van der Waals surface area contributed by atoms with Crippen molar-refractivity contribution in [2.24, 2.45) is 11.3 Å². The third kappa shape index (κ3) is 3.78. The largest absolute Gasteiger partial charge is 0.488 e. The predicted molar refractivity (Wildman–Crippen MR) is 137 cm³/mol. The Morgan fingerprint density at radius 3 is 2.44 bits per heavy atom. The highest BCUT2D eigenvalue weighted by Gasteiger charge is 2.56. The minimum Gasteiger partial charge on any atom is -0.488 e. The number of rotatable bonds is 3. The van der Waals surface area contributed by atoms with E-state index in [0.29, 0.717) is 11.7 Å². The molecule has 0 bridgehead atoms. The first kappa shape index (κ1) is 21.6. The summed E-state index contributed by atoms with van der Waals surface area (Å²) in [4.78, 5) is 14.1. The molecule has 3 unspecified atom stereocenters. The molecule has 34 heavy (non-hydrogen) atoms. The number of ether oxygens (including phenoxy) is 1. The number of Topliss-reactive ketones (excluding diaryl/α,β-unsaturated/α-hetero) is 1. The highest BCUT2D eigenvalue weighted by Crippen LogP contribution is 2.59. The van der Waals surface area contributed by atoms with E-state index in [9.17, 15) is 4.79 Å². The summed E-state index contributed by atoms with van der Waals surface area (Å²) in [6, 6.07) is 20.8. The molecule has 0 saturated heterocycles. The lowest BCUT2D eigenvalue weighted by Gasteiger charge is -2.46. The van der Waals surface area contributed by atoms with E-state index in [1.54, 1.807) is 5.57 Å². The summed E-state index contributed by atoms with van der Waals surface area (Å²) < 4.78 is 7.04. The van der Waals surface area contributed by atoms with Crippen molar-refractivity contribution in [1.29, 1.82) is 0 Å². The standard InChI is InChI=1S/C32H34O2/c33-30-26(21-23-11-4-1-5-12-23)19-20-32(30)22-27-17-10-18-28(24-13-6-2-7-14-24)29(27)34-31(32)25-15-8-3-9-16-25/h1,3-5,8-9,11-13,15-16,21,28,31H,2,6-7,10,14,17-20,22H2. The van der Waals surface area contributed by atoms with Crippen molar-refractivity contribution in [2.45, 2.75) is 70.3 Å². The van der Waals surface area contributed by atoms with Crippen molar-refractivity contribution >= 4 is 11.9 Å². The van der Waals surface area contributed by atoms with Gasteiger partial charge in [-0.15, -0.1) is 0 Å². The van der Waals surface area contributed by atoms with Crippen LogP contribution in [0.2, 0.25) is 0 Å². The van der Waals surface area contributed by atoms with Crippen molar-refractivity contribution in [2.75, 3.05) is 0 Å². The van der Waals surface area contributed by atoms with Gasteiger partial charge in [0, 0.05) is 5.92 Å². The zero-order chi connectivity index (χ0) is 23.0. The summed E-state index contributed by atoms with van der Waals surface area (Å²) >= 11 is 0. The van der Waals surface area contributed by atoms with Gasteiger partial charge in [-0.25, -0.2) is 0 Å². The number of ketones is 1. The van der Waals surface area contributed by atoms with Crippen LogP contribution in [-0.4, -0.2) is 5.78 Å². The van der Waals surface area contributed by atoms with Gasteiger partial charge in [0.25, 0.3) is 0 Å². The van der Waals surface area contributed by atoms with E-state index in [4.69, 9.17) is 4.74 Å². The number of hydrogen-bond acceptors (Lipinski definition) is 2. The first-order chi connectivity index (χ1) is 16.7. The smallest absolute Gasteiger partial charge is 0.169 e. The lowest BCUT2D eigenvalue weighted by Crippen LogP contribution is -2.40. The van der Waals surface area contributed by atoms with Gasteiger partial charge in [0.2, 0.25) is 0 Å². The van der Waals surface area contributed by atoms with Crippen LogP contribution in [0.25, 0.3) is 6.08 Å². The second-order valence-corrected chi connectivity index (χ2v) is 10.6. The van der Waals surface area contributed by atoms with Gasteiger partial charge in [-0.3, -0.25) is 4.79 Å². The van der Waals surface area contributed by atoms with Crippen LogP contribution in [0.1, 0.15) is 81.4 Å². The maximum absolute atomic E-state index is 14.1. The molecule has 0 radical (unpaired) electrons. The van der Waals surface area contributed by atoms with Crippen LogP contribution in [0.5, 0.6) is 0 Å². The number of carbonyl (C=O) groups excluding carboxylic acids is 1. The monoisotopic (exact) mass is 450 g/mol. The fourth-order valence-corrected chi connectivity index (χ4v) is 6.83. The number of benzene rings is 2. The number of carbonyl (C=O) groups is 1. The molecule has 3 aliphatic carbocycles. The van der Waals surface area contributed by atoms with E-state index in [0.717, 1.165) is 42.4 Å². The van der Waals surface area contributed by atoms with Gasteiger partial charge in [-0.05, 0) is 92.6 Å². The Kier molecular flexibility index (Phi) is 5.77. The maximum atomic E-state index is 14.1. The summed E-state index contributed by atoms with van der Waals surface area (Å²) in [6.07, 6.45) is 15.4. The molecule has 2 nitrogen and oxygen atoms in total. The number of allylic oxidation sites excluding steroid dienone is 4. The number of hydrogen-bond donors (Lipinski definition) is 0. The van der Waals surface area contributed by atoms with Gasteiger partial charge in [0.1, 0.15) is 11.9 Å². The Morgan fingerprint density at radius 1 is 0.882 bits per heavy atom. The van der Waals surface area contributed by atoms with E-state index in [2.05, 4.69) is 54.6 Å². The Bertz CT molecular complexity index is 1150. The van der Waals surface area contributed by atoms with Crippen LogP contribution in [-0.2, 0) is 9.53 Å². The summed E-state index contributed by atoms with van der Waals surface area (Å²) in [6.45, 7) is 0. The minimum absolute atomic E-state index is 0.202. The second-order valence-electron chi connectivity index (χ2n) is 10.6. The fourth-order valence-electron chi connectivity index (χ4n) is 6.83. The van der Waals surface area contributed by atoms with Gasteiger partial charge in [-0.1, -0.05) is 72.3 Å². The lowest BCUT2D eigenvalue weighted by molar-refractivity contribution is -0.134. The molecule has 0 amide bonds. The van der Waals surface area contributed by atoms with E-state index in [-0.39, 0.29) is 6.10 Å². The topological polar surface area (TPSA) is 26.3 Å². The summed E-state index contributed by atoms with van der Waals surface area (Å²) in [5, 5.41) is 0. The molecule has 6 rings (SSSR count). The van der Waals surface area contributed by atoms with Gasteiger partial charge in [0.05, 0.1) is 5.41 Å². The normalized spacial score (nSPS) is 30.3. The minimum atomic E-state index is -0.483. The Labute approximate surface area is 203 Å².